The number of hydrogen-bond donors (Lipinski definition) is 3. The number of aliphatic hydroxyl groups is 1. The van der Waals surface area contributed by atoms with Gasteiger partial charge in [-0.2, -0.15) is 5.10 Å². The zero-order valence-electron chi connectivity index (χ0n) is 7.18. The predicted molar refractivity (Wildman–Crippen MR) is 52.2 cm³/mol. The van der Waals surface area contributed by atoms with E-state index in [1.165, 1.54) is 0 Å². The molecule has 4 nitrogen and oxygen atoms in total. The van der Waals surface area contributed by atoms with E-state index in [-0.39, 0.29) is 6.61 Å². The Kier molecular flexibility index (Phi) is 2.17. The van der Waals surface area contributed by atoms with E-state index in [0.29, 0.717) is 0 Å². The molecule has 13 heavy (non-hydrogen) atoms. The summed E-state index contributed by atoms with van der Waals surface area (Å²) < 4.78 is 0.825. The van der Waals surface area contributed by atoms with Gasteiger partial charge in [0.05, 0.1) is 17.8 Å². The smallest absolute Gasteiger partial charge is 0.131 e. The molecule has 0 aliphatic heterocycles. The summed E-state index contributed by atoms with van der Waals surface area (Å²) in [4.78, 5) is 0. The molecule has 1 unspecified atom stereocenters. The van der Waals surface area contributed by atoms with E-state index >= 15 is 0 Å². The van der Waals surface area contributed by atoms with E-state index in [0.717, 1.165) is 35.1 Å². The Labute approximate surface area is 84.6 Å². The van der Waals surface area contributed by atoms with E-state index in [4.69, 9.17) is 5.73 Å². The van der Waals surface area contributed by atoms with Crippen LogP contribution in [0.15, 0.2) is 4.60 Å². The van der Waals surface area contributed by atoms with Crippen LogP contribution >= 0.6 is 15.9 Å². The van der Waals surface area contributed by atoms with Crippen LogP contribution in [0.2, 0.25) is 0 Å². The number of nitrogens with two attached hydrogens (primary N) is 1. The second kappa shape index (κ2) is 3.08. The number of halogens is 1. The summed E-state index contributed by atoms with van der Waals surface area (Å²) in [6, 6.07) is 0. The molecule has 0 saturated carbocycles. The van der Waals surface area contributed by atoms with Gasteiger partial charge in [-0.05, 0) is 35.2 Å². The highest BCUT2D eigenvalue weighted by molar-refractivity contribution is 9.10. The molecule has 1 aliphatic rings. The summed E-state index contributed by atoms with van der Waals surface area (Å²) >= 11 is 3.35. The van der Waals surface area contributed by atoms with Crippen molar-refractivity contribution in [2.75, 3.05) is 6.61 Å². The fourth-order valence-electron chi connectivity index (χ4n) is 1.85. The zero-order valence-corrected chi connectivity index (χ0v) is 8.76. The molecule has 5 heteroatoms. The van der Waals surface area contributed by atoms with Gasteiger partial charge >= 0.3 is 0 Å². The van der Waals surface area contributed by atoms with Crippen molar-refractivity contribution in [3.05, 3.63) is 15.9 Å². The minimum atomic E-state index is -0.618. The molecule has 0 saturated heterocycles. The van der Waals surface area contributed by atoms with Crippen LogP contribution in [0.4, 0.5) is 0 Å². The summed E-state index contributed by atoms with van der Waals surface area (Å²) in [5.74, 6) is 0. The molecule has 0 aromatic carbocycles. The number of rotatable bonds is 1. The van der Waals surface area contributed by atoms with Crippen LogP contribution in [0, 0.1) is 0 Å². The topological polar surface area (TPSA) is 74.9 Å². The fourth-order valence-corrected chi connectivity index (χ4v) is 2.33. The number of nitrogens with one attached hydrogen (secondary N) is 1. The number of nitrogens with zero attached hydrogens (tertiary/aromatic N) is 1. The molecular weight excluding hydrogens is 234 g/mol. The number of aromatic amines is 1. The largest absolute Gasteiger partial charge is 0.394 e. The molecule has 4 N–H and O–H groups in total. The summed E-state index contributed by atoms with van der Waals surface area (Å²) in [6.45, 7) is -0.0331. The minimum absolute atomic E-state index is 0.0331. The first-order valence-corrected chi connectivity index (χ1v) is 5.09. The molecule has 1 aromatic rings. The molecule has 0 bridgehead atoms. The average Bonchev–Trinajstić information content (AvgIpc) is 2.50. The molecular formula is C8H12BrN3O. The first kappa shape index (κ1) is 9.18. The quantitative estimate of drug-likeness (QED) is 0.681. The number of H-pyrrole nitrogens is 1. The van der Waals surface area contributed by atoms with Gasteiger partial charge in [-0.25, -0.2) is 0 Å². The number of aliphatic hydroxyl groups excluding tert-OH is 1. The minimum Gasteiger partial charge on any atom is -0.394 e. The monoisotopic (exact) mass is 245 g/mol. The summed E-state index contributed by atoms with van der Waals surface area (Å²) in [5, 5.41) is 16.1. The second-order valence-electron chi connectivity index (χ2n) is 3.54. The molecule has 0 radical (unpaired) electrons. The van der Waals surface area contributed by atoms with E-state index in [1.807, 2.05) is 0 Å². The fraction of sp³-hybridized carbons (Fsp3) is 0.625. The normalized spacial score (nSPS) is 27.3. The molecule has 0 amide bonds. The highest BCUT2D eigenvalue weighted by Crippen LogP contribution is 2.34. The SMILES string of the molecule is NC1(CO)CCCc2c(Br)n[nH]c21. The van der Waals surface area contributed by atoms with E-state index < -0.39 is 5.54 Å². The molecule has 72 valence electrons. The van der Waals surface area contributed by atoms with Gasteiger partial charge in [-0.15, -0.1) is 0 Å². The van der Waals surface area contributed by atoms with Crippen LogP contribution in [0.3, 0.4) is 0 Å². The lowest BCUT2D eigenvalue weighted by molar-refractivity contribution is 0.175. The molecule has 0 fully saturated rings. The molecule has 1 heterocycles. The highest BCUT2D eigenvalue weighted by atomic mass is 79.9. The Bertz CT molecular complexity index is 325. The van der Waals surface area contributed by atoms with Crippen LogP contribution in [0.25, 0.3) is 0 Å². The predicted octanol–water partition coefficient (Wildman–Crippen LogP) is 0.655. The lowest BCUT2D eigenvalue weighted by atomic mass is 9.82. The standard InChI is InChI=1S/C8H12BrN3O/c9-7-5-2-1-3-8(10,4-13)6(5)11-12-7/h13H,1-4,10H2,(H,11,12). The third kappa shape index (κ3) is 1.31. The maximum absolute atomic E-state index is 9.22. The number of fused-ring (bicyclic) bond motifs is 1. The zero-order chi connectivity index (χ0) is 9.47. The van der Waals surface area contributed by atoms with Crippen LogP contribution < -0.4 is 5.73 Å². The maximum atomic E-state index is 9.22. The lowest BCUT2D eigenvalue weighted by Crippen LogP contribution is -2.43. The Morgan fingerprint density at radius 3 is 3.15 bits per heavy atom. The van der Waals surface area contributed by atoms with E-state index in [1.54, 1.807) is 0 Å². The molecule has 1 atom stereocenters. The Morgan fingerprint density at radius 1 is 1.69 bits per heavy atom. The van der Waals surface area contributed by atoms with Gasteiger partial charge < -0.3 is 10.8 Å². The van der Waals surface area contributed by atoms with Gasteiger partial charge in [0.1, 0.15) is 4.60 Å². The van der Waals surface area contributed by atoms with Crippen molar-refractivity contribution < 1.29 is 5.11 Å². The maximum Gasteiger partial charge on any atom is 0.131 e. The second-order valence-corrected chi connectivity index (χ2v) is 4.29. The first-order valence-electron chi connectivity index (χ1n) is 4.30. The molecule has 1 aromatic heterocycles. The van der Waals surface area contributed by atoms with Crippen LogP contribution in [-0.2, 0) is 12.0 Å². The van der Waals surface area contributed by atoms with Crippen molar-refractivity contribution in [1.82, 2.24) is 10.2 Å². The van der Waals surface area contributed by atoms with E-state index in [2.05, 4.69) is 26.1 Å². The molecule has 0 spiro atoms. The van der Waals surface area contributed by atoms with Crippen molar-refractivity contribution in [2.24, 2.45) is 5.73 Å². The molecule has 2 rings (SSSR count). The summed E-state index contributed by atoms with van der Waals surface area (Å²) in [5.41, 5.74) is 7.42. The van der Waals surface area contributed by atoms with Crippen molar-refractivity contribution >= 4 is 15.9 Å². The van der Waals surface area contributed by atoms with Gasteiger partial charge in [0.15, 0.2) is 0 Å². The number of hydrogen-bond acceptors (Lipinski definition) is 3. The molecule has 1 aliphatic carbocycles. The third-order valence-electron chi connectivity index (χ3n) is 2.65. The van der Waals surface area contributed by atoms with Gasteiger partial charge in [0.2, 0.25) is 0 Å². The Morgan fingerprint density at radius 2 is 2.46 bits per heavy atom. The van der Waals surface area contributed by atoms with Crippen LogP contribution in [0.1, 0.15) is 24.1 Å². The lowest BCUT2D eigenvalue weighted by Gasteiger charge is -2.30. The average molecular weight is 246 g/mol. The van der Waals surface area contributed by atoms with Gasteiger partial charge in [0.25, 0.3) is 0 Å². The van der Waals surface area contributed by atoms with Crippen molar-refractivity contribution in [1.29, 1.82) is 0 Å². The van der Waals surface area contributed by atoms with Gasteiger partial charge in [0, 0.05) is 5.56 Å². The van der Waals surface area contributed by atoms with Crippen molar-refractivity contribution in [3.8, 4) is 0 Å². The summed E-state index contributed by atoms with van der Waals surface area (Å²) in [7, 11) is 0. The summed E-state index contributed by atoms with van der Waals surface area (Å²) in [6.07, 6.45) is 2.79. The van der Waals surface area contributed by atoms with E-state index in [9.17, 15) is 5.11 Å². The first-order chi connectivity index (χ1) is 6.17. The number of aromatic nitrogens is 2. The Balaban J connectivity index is 2.49. The van der Waals surface area contributed by atoms with Crippen molar-refractivity contribution in [3.63, 3.8) is 0 Å². The third-order valence-corrected chi connectivity index (χ3v) is 3.30. The Hall–Kier alpha value is -0.390. The highest BCUT2D eigenvalue weighted by Gasteiger charge is 2.35. The van der Waals surface area contributed by atoms with Gasteiger partial charge in [-0.1, -0.05) is 0 Å². The van der Waals surface area contributed by atoms with Gasteiger partial charge in [-0.3, -0.25) is 5.10 Å². The van der Waals surface area contributed by atoms with Crippen molar-refractivity contribution in [2.45, 2.75) is 24.8 Å². The van der Waals surface area contributed by atoms with Crippen LogP contribution in [0.5, 0.6) is 0 Å². The van der Waals surface area contributed by atoms with Crippen LogP contribution in [-0.4, -0.2) is 21.9 Å².